The fraction of sp³-hybridized carbons (Fsp3) is 0.333. The summed E-state index contributed by atoms with van der Waals surface area (Å²) in [6.07, 6.45) is -3.93. The van der Waals surface area contributed by atoms with Crippen molar-refractivity contribution in [3.63, 3.8) is 0 Å². The minimum Gasteiger partial charge on any atom is -0.406 e. The molecule has 15 heavy (non-hydrogen) atoms. The molecule has 0 saturated carbocycles. The van der Waals surface area contributed by atoms with Crippen molar-refractivity contribution < 1.29 is 17.9 Å². The van der Waals surface area contributed by atoms with E-state index >= 15 is 0 Å². The average Bonchev–Trinajstić information content (AvgIpc) is 2.48. The summed E-state index contributed by atoms with van der Waals surface area (Å²) in [5.74, 6) is -0.183. The van der Waals surface area contributed by atoms with Crippen molar-refractivity contribution in [2.75, 3.05) is 11.9 Å². The first-order chi connectivity index (χ1) is 6.96. The van der Waals surface area contributed by atoms with E-state index < -0.39 is 6.36 Å². The van der Waals surface area contributed by atoms with Crippen LogP contribution in [0.2, 0.25) is 0 Å². The van der Waals surface area contributed by atoms with E-state index in [0.29, 0.717) is 10.9 Å². The number of benzene rings is 1. The van der Waals surface area contributed by atoms with Gasteiger partial charge in [0.15, 0.2) is 0 Å². The summed E-state index contributed by atoms with van der Waals surface area (Å²) >= 11 is 3.20. The summed E-state index contributed by atoms with van der Waals surface area (Å²) in [5, 5.41) is 3.07. The Hall–Kier alpha value is -0.910. The van der Waals surface area contributed by atoms with Gasteiger partial charge in [-0.25, -0.2) is 0 Å². The van der Waals surface area contributed by atoms with E-state index in [-0.39, 0.29) is 5.75 Å². The Kier molecular flexibility index (Phi) is 2.54. The molecule has 1 N–H and O–H groups in total. The third-order valence-corrected chi connectivity index (χ3v) is 2.70. The van der Waals surface area contributed by atoms with E-state index in [1.807, 2.05) is 0 Å². The van der Waals surface area contributed by atoms with Gasteiger partial charge in [-0.15, -0.1) is 13.2 Å². The van der Waals surface area contributed by atoms with Crippen LogP contribution in [0.3, 0.4) is 0 Å². The van der Waals surface area contributed by atoms with Gasteiger partial charge in [-0.05, 0) is 40.0 Å². The average molecular weight is 282 g/mol. The minimum atomic E-state index is -4.64. The van der Waals surface area contributed by atoms with Crippen LogP contribution in [0.4, 0.5) is 18.9 Å². The normalized spacial score (nSPS) is 14.7. The molecular formula is C9H7BrF3NO. The molecule has 0 unspecified atom stereocenters. The van der Waals surface area contributed by atoms with E-state index in [4.69, 9.17) is 0 Å². The molecule has 0 atom stereocenters. The fourth-order valence-corrected chi connectivity index (χ4v) is 2.17. The lowest BCUT2D eigenvalue weighted by molar-refractivity contribution is -0.274. The number of ether oxygens (including phenoxy) is 1. The van der Waals surface area contributed by atoms with Crippen LogP contribution in [0.25, 0.3) is 0 Å². The summed E-state index contributed by atoms with van der Waals surface area (Å²) < 4.78 is 40.4. The minimum absolute atomic E-state index is 0.183. The molecule has 1 aliphatic rings. The number of rotatable bonds is 1. The Morgan fingerprint density at radius 1 is 1.33 bits per heavy atom. The third-order valence-electron chi connectivity index (χ3n) is 2.08. The lowest BCUT2D eigenvalue weighted by atomic mass is 10.1. The summed E-state index contributed by atoms with van der Waals surface area (Å²) in [6.45, 7) is 0.739. The molecule has 1 aromatic carbocycles. The van der Waals surface area contributed by atoms with E-state index in [0.717, 1.165) is 17.8 Å². The van der Waals surface area contributed by atoms with Crippen LogP contribution in [-0.4, -0.2) is 12.9 Å². The molecule has 0 spiro atoms. The first-order valence-corrected chi connectivity index (χ1v) is 5.07. The molecule has 1 heterocycles. The second-order valence-electron chi connectivity index (χ2n) is 3.16. The number of hydrogen-bond donors (Lipinski definition) is 1. The van der Waals surface area contributed by atoms with E-state index in [2.05, 4.69) is 26.0 Å². The molecule has 0 amide bonds. The Balaban J connectivity index is 2.32. The molecule has 0 radical (unpaired) electrons. The zero-order valence-corrected chi connectivity index (χ0v) is 9.08. The van der Waals surface area contributed by atoms with E-state index in [1.165, 1.54) is 12.1 Å². The molecule has 82 valence electrons. The first-order valence-electron chi connectivity index (χ1n) is 4.28. The lowest BCUT2D eigenvalue weighted by Crippen LogP contribution is -2.17. The Morgan fingerprint density at radius 2 is 2.07 bits per heavy atom. The standard InChI is InChI=1S/C9H7BrF3NO/c10-7-4-6(15-9(11,12)13)3-5-1-2-14-8(5)7/h3-4,14H,1-2H2. The molecule has 0 bridgehead atoms. The quantitative estimate of drug-likeness (QED) is 0.853. The van der Waals surface area contributed by atoms with Crippen LogP contribution in [0.5, 0.6) is 5.75 Å². The van der Waals surface area contributed by atoms with Crippen LogP contribution < -0.4 is 10.1 Å². The van der Waals surface area contributed by atoms with Crippen molar-refractivity contribution in [2.45, 2.75) is 12.8 Å². The lowest BCUT2D eigenvalue weighted by Gasteiger charge is -2.11. The predicted molar refractivity (Wildman–Crippen MR) is 53.0 cm³/mol. The highest BCUT2D eigenvalue weighted by Crippen LogP contribution is 2.36. The largest absolute Gasteiger partial charge is 0.573 e. The number of fused-ring (bicyclic) bond motifs is 1. The van der Waals surface area contributed by atoms with Gasteiger partial charge in [0.05, 0.1) is 5.69 Å². The smallest absolute Gasteiger partial charge is 0.406 e. The number of nitrogens with one attached hydrogen (secondary N) is 1. The molecule has 0 saturated heterocycles. The van der Waals surface area contributed by atoms with Gasteiger partial charge < -0.3 is 10.1 Å². The monoisotopic (exact) mass is 281 g/mol. The molecule has 0 fully saturated rings. The highest BCUT2D eigenvalue weighted by Gasteiger charge is 2.31. The van der Waals surface area contributed by atoms with Crippen LogP contribution in [0.1, 0.15) is 5.56 Å². The maximum Gasteiger partial charge on any atom is 0.573 e. The van der Waals surface area contributed by atoms with Gasteiger partial charge >= 0.3 is 6.36 Å². The van der Waals surface area contributed by atoms with Gasteiger partial charge in [0.1, 0.15) is 5.75 Å². The molecular weight excluding hydrogens is 275 g/mol. The molecule has 0 aromatic heterocycles. The molecule has 2 rings (SSSR count). The van der Waals surface area contributed by atoms with Gasteiger partial charge in [-0.1, -0.05) is 0 Å². The second-order valence-corrected chi connectivity index (χ2v) is 4.02. The van der Waals surface area contributed by atoms with Crippen molar-refractivity contribution in [3.05, 3.63) is 22.2 Å². The third kappa shape index (κ3) is 2.37. The van der Waals surface area contributed by atoms with Gasteiger partial charge in [-0.3, -0.25) is 0 Å². The summed E-state index contributed by atoms with van der Waals surface area (Å²) in [4.78, 5) is 0. The van der Waals surface area contributed by atoms with Crippen molar-refractivity contribution in [2.24, 2.45) is 0 Å². The van der Waals surface area contributed by atoms with Crippen molar-refractivity contribution in [1.29, 1.82) is 0 Å². The molecule has 0 aliphatic carbocycles. The Labute approximate surface area is 92.5 Å². The van der Waals surface area contributed by atoms with Crippen LogP contribution in [0, 0.1) is 0 Å². The van der Waals surface area contributed by atoms with Crippen molar-refractivity contribution in [3.8, 4) is 5.75 Å². The molecule has 6 heteroatoms. The van der Waals surface area contributed by atoms with E-state index in [1.54, 1.807) is 0 Å². The van der Waals surface area contributed by atoms with Gasteiger partial charge in [0, 0.05) is 11.0 Å². The summed E-state index contributed by atoms with van der Waals surface area (Å²) in [5.41, 5.74) is 1.69. The number of alkyl halides is 3. The number of halogens is 4. The topological polar surface area (TPSA) is 21.3 Å². The SMILES string of the molecule is FC(F)(F)Oc1cc(Br)c2c(c1)CCN2. The highest BCUT2D eigenvalue weighted by molar-refractivity contribution is 9.10. The maximum absolute atomic E-state index is 12.0. The van der Waals surface area contributed by atoms with E-state index in [9.17, 15) is 13.2 Å². The van der Waals surface area contributed by atoms with Crippen molar-refractivity contribution >= 4 is 21.6 Å². The second kappa shape index (κ2) is 3.59. The van der Waals surface area contributed by atoms with Crippen molar-refractivity contribution in [1.82, 2.24) is 0 Å². The molecule has 1 aliphatic heterocycles. The van der Waals surface area contributed by atoms with Crippen LogP contribution in [0.15, 0.2) is 16.6 Å². The van der Waals surface area contributed by atoms with Gasteiger partial charge in [-0.2, -0.15) is 0 Å². The van der Waals surface area contributed by atoms with Crippen LogP contribution in [-0.2, 0) is 6.42 Å². The summed E-state index contributed by atoms with van der Waals surface area (Å²) in [6, 6.07) is 2.72. The van der Waals surface area contributed by atoms with Gasteiger partial charge in [0.2, 0.25) is 0 Å². The van der Waals surface area contributed by atoms with Gasteiger partial charge in [0.25, 0.3) is 0 Å². The Morgan fingerprint density at radius 3 is 2.73 bits per heavy atom. The summed E-state index contributed by atoms with van der Waals surface area (Å²) in [7, 11) is 0. The fourth-order valence-electron chi connectivity index (χ4n) is 1.55. The van der Waals surface area contributed by atoms with Crippen LogP contribution >= 0.6 is 15.9 Å². The molecule has 2 nitrogen and oxygen atoms in total. The number of anilines is 1. The highest BCUT2D eigenvalue weighted by atomic mass is 79.9. The first kappa shape index (κ1) is 10.6. The molecule has 1 aromatic rings. The zero-order valence-electron chi connectivity index (χ0n) is 7.49. The number of hydrogen-bond acceptors (Lipinski definition) is 2. The predicted octanol–water partition coefficient (Wildman–Crippen LogP) is 3.32. The zero-order chi connectivity index (χ0) is 11.1. The maximum atomic E-state index is 12.0. The Bertz CT molecular complexity index is 392.